The summed E-state index contributed by atoms with van der Waals surface area (Å²) in [4.78, 5) is 18.9. The molecule has 1 aromatic rings. The Morgan fingerprint density at radius 1 is 1.67 bits per heavy atom. The molecule has 1 saturated heterocycles. The number of amides is 2. The molecule has 1 aliphatic heterocycles. The molecule has 0 bridgehead atoms. The van der Waals surface area contributed by atoms with Crippen LogP contribution in [0, 0.1) is 0 Å². The Morgan fingerprint density at radius 2 is 2.50 bits per heavy atom. The topological polar surface area (TPSA) is 57.3 Å². The summed E-state index contributed by atoms with van der Waals surface area (Å²) in [7, 11) is 0. The van der Waals surface area contributed by atoms with Crippen LogP contribution in [0.5, 0.6) is 0 Å². The molecule has 0 saturated carbocycles. The lowest BCUT2D eigenvalue weighted by molar-refractivity contribution is 0.217. The van der Waals surface area contributed by atoms with Gasteiger partial charge in [0.1, 0.15) is 5.01 Å². The Labute approximate surface area is 112 Å². The molecule has 100 valence electrons. The van der Waals surface area contributed by atoms with Crippen LogP contribution in [0.25, 0.3) is 0 Å². The van der Waals surface area contributed by atoms with Gasteiger partial charge in [0.15, 0.2) is 0 Å². The molecule has 1 aliphatic rings. The number of carbonyl (C=O) groups excluding carboxylic acids is 1. The Hall–Kier alpha value is -1.14. The van der Waals surface area contributed by atoms with Gasteiger partial charge in [0, 0.05) is 37.3 Å². The van der Waals surface area contributed by atoms with Gasteiger partial charge >= 0.3 is 6.03 Å². The van der Waals surface area contributed by atoms with Gasteiger partial charge in [0.05, 0.1) is 6.04 Å². The molecular weight excluding hydrogens is 248 g/mol. The summed E-state index contributed by atoms with van der Waals surface area (Å²) in [6.07, 6.45) is 2.99. The van der Waals surface area contributed by atoms with E-state index in [2.05, 4.69) is 29.5 Å². The van der Waals surface area contributed by atoms with Crippen LogP contribution in [0.1, 0.15) is 29.8 Å². The van der Waals surface area contributed by atoms with Crippen molar-refractivity contribution in [2.24, 2.45) is 0 Å². The number of rotatable bonds is 6. The van der Waals surface area contributed by atoms with Crippen LogP contribution < -0.4 is 10.6 Å². The smallest absolute Gasteiger partial charge is 0.317 e. The zero-order valence-corrected chi connectivity index (χ0v) is 11.7. The Kier molecular flexibility index (Phi) is 4.54. The monoisotopic (exact) mass is 268 g/mol. The van der Waals surface area contributed by atoms with Crippen LogP contribution in [0.3, 0.4) is 0 Å². The van der Waals surface area contributed by atoms with Gasteiger partial charge < -0.3 is 15.5 Å². The molecule has 18 heavy (non-hydrogen) atoms. The Morgan fingerprint density at radius 3 is 3.11 bits per heavy atom. The van der Waals surface area contributed by atoms with Crippen molar-refractivity contribution in [2.75, 3.05) is 26.2 Å². The summed E-state index contributed by atoms with van der Waals surface area (Å²) in [5.41, 5.74) is 0. The minimum Gasteiger partial charge on any atom is -0.336 e. The van der Waals surface area contributed by atoms with Gasteiger partial charge in [-0.25, -0.2) is 9.78 Å². The second-order valence-corrected chi connectivity index (χ2v) is 5.56. The first kappa shape index (κ1) is 13.3. The summed E-state index contributed by atoms with van der Waals surface area (Å²) >= 11 is 1.76. The number of urea groups is 1. The van der Waals surface area contributed by atoms with Crippen molar-refractivity contribution < 1.29 is 4.79 Å². The molecule has 0 aromatic carbocycles. The van der Waals surface area contributed by atoms with Crippen molar-refractivity contribution in [3.8, 4) is 0 Å². The quantitative estimate of drug-likeness (QED) is 0.819. The predicted octanol–water partition coefficient (Wildman–Crippen LogP) is 1.38. The van der Waals surface area contributed by atoms with Crippen LogP contribution in [-0.2, 0) is 6.42 Å². The Bertz CT molecular complexity index is 407. The van der Waals surface area contributed by atoms with Crippen LogP contribution in [-0.4, -0.2) is 42.1 Å². The fourth-order valence-corrected chi connectivity index (χ4v) is 2.80. The first-order valence-electron chi connectivity index (χ1n) is 6.41. The standard InChI is InChI=1S/C12H20N4OS/c1-3-10-8-15-11(18-10)9(2)13-4-6-16-7-5-14-12(16)17/h8-9,13H,3-7H2,1-2H3,(H,14,17). The normalized spacial score (nSPS) is 17.0. The van der Waals surface area contributed by atoms with Crippen molar-refractivity contribution in [1.82, 2.24) is 20.5 Å². The van der Waals surface area contributed by atoms with Gasteiger partial charge in [-0.3, -0.25) is 0 Å². The molecule has 0 radical (unpaired) electrons. The minimum atomic E-state index is 0.0481. The highest BCUT2D eigenvalue weighted by Gasteiger charge is 2.18. The van der Waals surface area contributed by atoms with E-state index in [0.29, 0.717) is 0 Å². The van der Waals surface area contributed by atoms with Crippen molar-refractivity contribution in [1.29, 1.82) is 0 Å². The second kappa shape index (κ2) is 6.15. The number of aromatic nitrogens is 1. The molecular formula is C12H20N4OS. The van der Waals surface area contributed by atoms with E-state index in [1.165, 1.54) is 4.88 Å². The molecule has 1 unspecified atom stereocenters. The highest BCUT2D eigenvalue weighted by Crippen LogP contribution is 2.19. The molecule has 5 nitrogen and oxygen atoms in total. The van der Waals surface area contributed by atoms with E-state index in [9.17, 15) is 4.79 Å². The maximum Gasteiger partial charge on any atom is 0.317 e. The Balaban J connectivity index is 1.74. The lowest BCUT2D eigenvalue weighted by atomic mass is 10.3. The second-order valence-electron chi connectivity index (χ2n) is 4.41. The third kappa shape index (κ3) is 3.20. The molecule has 0 aliphatic carbocycles. The van der Waals surface area contributed by atoms with Gasteiger partial charge in [-0.1, -0.05) is 6.92 Å². The van der Waals surface area contributed by atoms with E-state index in [1.807, 2.05) is 11.1 Å². The van der Waals surface area contributed by atoms with Crippen molar-refractivity contribution in [3.63, 3.8) is 0 Å². The lowest BCUT2D eigenvalue weighted by Gasteiger charge is -2.16. The third-order valence-electron chi connectivity index (χ3n) is 3.07. The van der Waals surface area contributed by atoms with Gasteiger partial charge in [-0.15, -0.1) is 11.3 Å². The number of aryl methyl sites for hydroxylation is 1. The highest BCUT2D eigenvalue weighted by atomic mass is 32.1. The minimum absolute atomic E-state index is 0.0481. The molecule has 1 aromatic heterocycles. The molecule has 2 N–H and O–H groups in total. The number of nitrogens with one attached hydrogen (secondary N) is 2. The fraction of sp³-hybridized carbons (Fsp3) is 0.667. The van der Waals surface area contributed by atoms with Crippen LogP contribution in [0.4, 0.5) is 4.79 Å². The van der Waals surface area contributed by atoms with E-state index < -0.39 is 0 Å². The van der Waals surface area contributed by atoms with Crippen LogP contribution in [0.2, 0.25) is 0 Å². The van der Waals surface area contributed by atoms with E-state index in [0.717, 1.165) is 37.6 Å². The summed E-state index contributed by atoms with van der Waals surface area (Å²) in [6, 6.07) is 0.299. The van der Waals surface area contributed by atoms with Gasteiger partial charge in [-0.2, -0.15) is 0 Å². The van der Waals surface area contributed by atoms with E-state index in [-0.39, 0.29) is 12.1 Å². The van der Waals surface area contributed by atoms with Gasteiger partial charge in [0.25, 0.3) is 0 Å². The fourth-order valence-electron chi connectivity index (χ4n) is 1.91. The number of hydrogen-bond acceptors (Lipinski definition) is 4. The summed E-state index contributed by atoms with van der Waals surface area (Å²) in [5.74, 6) is 0. The summed E-state index contributed by atoms with van der Waals surface area (Å²) < 4.78 is 0. The molecule has 2 amide bonds. The first-order chi connectivity index (χ1) is 8.70. The SMILES string of the molecule is CCc1cnc(C(C)NCCN2CCNC2=O)s1. The lowest BCUT2D eigenvalue weighted by Crippen LogP contribution is -2.35. The zero-order chi connectivity index (χ0) is 13.0. The third-order valence-corrected chi connectivity index (χ3v) is 4.39. The van der Waals surface area contributed by atoms with Crippen molar-refractivity contribution in [2.45, 2.75) is 26.3 Å². The molecule has 6 heteroatoms. The van der Waals surface area contributed by atoms with E-state index in [4.69, 9.17) is 0 Å². The van der Waals surface area contributed by atoms with Gasteiger partial charge in [-0.05, 0) is 13.3 Å². The predicted molar refractivity (Wildman–Crippen MR) is 72.9 cm³/mol. The van der Waals surface area contributed by atoms with Crippen molar-refractivity contribution >= 4 is 17.4 Å². The van der Waals surface area contributed by atoms with Crippen LogP contribution >= 0.6 is 11.3 Å². The first-order valence-corrected chi connectivity index (χ1v) is 7.23. The number of nitrogens with zero attached hydrogens (tertiary/aromatic N) is 2. The molecule has 2 rings (SSSR count). The van der Waals surface area contributed by atoms with Gasteiger partial charge in [0.2, 0.25) is 0 Å². The average Bonchev–Trinajstić information content (AvgIpc) is 2.98. The average molecular weight is 268 g/mol. The zero-order valence-electron chi connectivity index (χ0n) is 10.9. The number of thiazole rings is 1. The van der Waals surface area contributed by atoms with Crippen molar-refractivity contribution in [3.05, 3.63) is 16.1 Å². The molecule has 1 atom stereocenters. The maximum absolute atomic E-state index is 11.3. The molecule has 1 fully saturated rings. The molecule has 0 spiro atoms. The maximum atomic E-state index is 11.3. The summed E-state index contributed by atoms with van der Waals surface area (Å²) in [6.45, 7) is 7.38. The summed E-state index contributed by atoms with van der Waals surface area (Å²) in [5, 5.41) is 7.33. The van der Waals surface area contributed by atoms with Crippen LogP contribution in [0.15, 0.2) is 6.20 Å². The highest BCUT2D eigenvalue weighted by molar-refractivity contribution is 7.11. The van der Waals surface area contributed by atoms with E-state index in [1.54, 1.807) is 11.3 Å². The largest absolute Gasteiger partial charge is 0.336 e. The number of carbonyl (C=O) groups is 1. The van der Waals surface area contributed by atoms with E-state index >= 15 is 0 Å². The number of hydrogen-bond donors (Lipinski definition) is 2. The molecule has 2 heterocycles.